The Morgan fingerprint density at radius 2 is 2.10 bits per heavy atom. The molecule has 2 N–H and O–H groups in total. The molecule has 1 aliphatic heterocycles. The van der Waals surface area contributed by atoms with Crippen molar-refractivity contribution in [1.82, 2.24) is 15.1 Å². The molecule has 5 nitrogen and oxygen atoms in total. The molecule has 1 saturated heterocycles. The summed E-state index contributed by atoms with van der Waals surface area (Å²) in [5, 5.41) is 12.9. The van der Waals surface area contributed by atoms with Crippen LogP contribution in [0.25, 0.3) is 0 Å². The third-order valence-corrected chi connectivity index (χ3v) is 4.90. The van der Waals surface area contributed by atoms with E-state index >= 15 is 0 Å². The summed E-state index contributed by atoms with van der Waals surface area (Å²) in [6, 6.07) is 1.24. The molecule has 1 saturated carbocycles. The van der Waals surface area contributed by atoms with Gasteiger partial charge in [0.05, 0.1) is 0 Å². The molecule has 2 aliphatic rings. The van der Waals surface area contributed by atoms with E-state index in [-0.39, 0.29) is 6.04 Å². The Labute approximate surface area is 122 Å². The summed E-state index contributed by atoms with van der Waals surface area (Å²) in [7, 11) is 4.26. The van der Waals surface area contributed by atoms with Gasteiger partial charge in [0.1, 0.15) is 5.54 Å². The van der Waals surface area contributed by atoms with E-state index in [2.05, 4.69) is 29.2 Å². The maximum absolute atomic E-state index is 11.7. The number of nitrogens with one attached hydrogen (secondary N) is 1. The Kier molecular flexibility index (Phi) is 4.72. The van der Waals surface area contributed by atoms with Crippen LogP contribution in [0.5, 0.6) is 0 Å². The van der Waals surface area contributed by atoms with Crippen molar-refractivity contribution < 1.29 is 9.90 Å². The zero-order valence-electron chi connectivity index (χ0n) is 13.2. The van der Waals surface area contributed by atoms with Gasteiger partial charge in [-0.25, -0.2) is 0 Å². The van der Waals surface area contributed by atoms with Crippen LogP contribution in [0, 0.1) is 0 Å². The first-order valence-corrected chi connectivity index (χ1v) is 7.75. The molecule has 0 radical (unpaired) electrons. The Morgan fingerprint density at radius 3 is 2.60 bits per heavy atom. The lowest BCUT2D eigenvalue weighted by atomic mass is 9.96. The first-order valence-electron chi connectivity index (χ1n) is 7.75. The quantitative estimate of drug-likeness (QED) is 0.788. The molecular weight excluding hydrogens is 254 g/mol. The van der Waals surface area contributed by atoms with Gasteiger partial charge in [-0.2, -0.15) is 0 Å². The highest BCUT2D eigenvalue weighted by molar-refractivity contribution is 5.79. The SMILES string of the molecule is CC(C)NC1(C(=O)O)CCC(N2CCC(N(C)C)C2)C1. The van der Waals surface area contributed by atoms with Gasteiger partial charge in [-0.3, -0.25) is 15.0 Å². The molecule has 1 heterocycles. The molecule has 2 fully saturated rings. The molecule has 0 amide bonds. The number of rotatable bonds is 5. The molecule has 2 rings (SSSR count). The van der Waals surface area contributed by atoms with Crippen LogP contribution in [0.1, 0.15) is 39.5 Å². The van der Waals surface area contributed by atoms with Crippen LogP contribution in [-0.4, -0.2) is 71.7 Å². The third kappa shape index (κ3) is 3.15. The van der Waals surface area contributed by atoms with Crippen molar-refractivity contribution >= 4 is 5.97 Å². The highest BCUT2D eigenvalue weighted by atomic mass is 16.4. The van der Waals surface area contributed by atoms with Crippen LogP contribution < -0.4 is 5.32 Å². The van der Waals surface area contributed by atoms with Crippen molar-refractivity contribution in [3.8, 4) is 0 Å². The first-order chi connectivity index (χ1) is 9.34. The predicted octanol–water partition coefficient (Wildman–Crippen LogP) is 0.996. The number of hydrogen-bond donors (Lipinski definition) is 2. The zero-order valence-corrected chi connectivity index (χ0v) is 13.2. The van der Waals surface area contributed by atoms with E-state index in [4.69, 9.17) is 0 Å². The van der Waals surface area contributed by atoms with Crippen molar-refractivity contribution in [2.45, 2.75) is 63.2 Å². The van der Waals surface area contributed by atoms with Gasteiger partial charge in [-0.05, 0) is 53.6 Å². The fourth-order valence-electron chi connectivity index (χ4n) is 3.79. The number of carboxylic acids is 1. The molecule has 0 bridgehead atoms. The summed E-state index contributed by atoms with van der Waals surface area (Å²) in [6.45, 7) is 6.23. The Hall–Kier alpha value is -0.650. The number of likely N-dealkylation sites (tertiary alicyclic amines) is 1. The van der Waals surface area contributed by atoms with Gasteiger partial charge < -0.3 is 10.0 Å². The number of carbonyl (C=O) groups is 1. The number of hydrogen-bond acceptors (Lipinski definition) is 4. The van der Waals surface area contributed by atoms with E-state index in [1.54, 1.807) is 0 Å². The molecule has 1 aliphatic carbocycles. The Balaban J connectivity index is 1.99. The van der Waals surface area contributed by atoms with Crippen molar-refractivity contribution in [1.29, 1.82) is 0 Å². The Bertz CT molecular complexity index is 359. The third-order valence-electron chi connectivity index (χ3n) is 4.90. The topological polar surface area (TPSA) is 55.8 Å². The smallest absolute Gasteiger partial charge is 0.323 e. The second-order valence-electron chi connectivity index (χ2n) is 6.98. The molecule has 0 aromatic rings. The van der Waals surface area contributed by atoms with Crippen molar-refractivity contribution in [3.05, 3.63) is 0 Å². The van der Waals surface area contributed by atoms with Crippen LogP contribution in [0.4, 0.5) is 0 Å². The zero-order chi connectivity index (χ0) is 14.9. The fraction of sp³-hybridized carbons (Fsp3) is 0.933. The highest BCUT2D eigenvalue weighted by Crippen LogP contribution is 2.35. The summed E-state index contributed by atoms with van der Waals surface area (Å²) in [5.74, 6) is -0.683. The minimum absolute atomic E-state index is 0.206. The van der Waals surface area contributed by atoms with Crippen molar-refractivity contribution in [2.75, 3.05) is 27.2 Å². The average molecular weight is 283 g/mol. The fourth-order valence-corrected chi connectivity index (χ4v) is 3.79. The van der Waals surface area contributed by atoms with Crippen LogP contribution in [0.2, 0.25) is 0 Å². The van der Waals surface area contributed by atoms with E-state index in [1.165, 1.54) is 6.42 Å². The summed E-state index contributed by atoms with van der Waals surface area (Å²) in [6.07, 6.45) is 3.67. The Morgan fingerprint density at radius 1 is 1.40 bits per heavy atom. The number of carboxylic acid groups (broad SMARTS) is 1. The van der Waals surface area contributed by atoms with Crippen molar-refractivity contribution in [3.63, 3.8) is 0 Å². The van der Waals surface area contributed by atoms with Crippen LogP contribution in [0.15, 0.2) is 0 Å². The minimum atomic E-state index is -0.713. The number of aliphatic carboxylic acids is 1. The monoisotopic (exact) mass is 283 g/mol. The van der Waals surface area contributed by atoms with E-state index < -0.39 is 11.5 Å². The molecule has 20 heavy (non-hydrogen) atoms. The summed E-state index contributed by atoms with van der Waals surface area (Å²) in [5.41, 5.74) is -0.713. The minimum Gasteiger partial charge on any atom is -0.480 e. The van der Waals surface area contributed by atoms with Gasteiger partial charge in [0.15, 0.2) is 0 Å². The maximum Gasteiger partial charge on any atom is 0.323 e. The molecule has 3 atom stereocenters. The van der Waals surface area contributed by atoms with Crippen LogP contribution in [-0.2, 0) is 4.79 Å². The largest absolute Gasteiger partial charge is 0.480 e. The summed E-state index contributed by atoms with van der Waals surface area (Å²) < 4.78 is 0. The van der Waals surface area contributed by atoms with E-state index in [0.717, 1.165) is 32.4 Å². The predicted molar refractivity (Wildman–Crippen MR) is 79.9 cm³/mol. The van der Waals surface area contributed by atoms with Gasteiger partial charge in [-0.1, -0.05) is 0 Å². The van der Waals surface area contributed by atoms with E-state index in [9.17, 15) is 9.90 Å². The second kappa shape index (κ2) is 6.00. The lowest BCUT2D eigenvalue weighted by Gasteiger charge is -2.30. The molecular formula is C15H29N3O2. The van der Waals surface area contributed by atoms with Gasteiger partial charge in [-0.15, -0.1) is 0 Å². The summed E-state index contributed by atoms with van der Waals surface area (Å²) in [4.78, 5) is 16.5. The molecule has 0 aromatic carbocycles. The number of likely N-dealkylation sites (N-methyl/N-ethyl adjacent to an activating group) is 1. The van der Waals surface area contributed by atoms with Gasteiger partial charge >= 0.3 is 5.97 Å². The van der Waals surface area contributed by atoms with E-state index in [0.29, 0.717) is 12.1 Å². The molecule has 116 valence electrons. The van der Waals surface area contributed by atoms with Crippen LogP contribution in [0.3, 0.4) is 0 Å². The summed E-state index contributed by atoms with van der Waals surface area (Å²) >= 11 is 0. The van der Waals surface area contributed by atoms with Gasteiger partial charge in [0, 0.05) is 31.2 Å². The standard InChI is InChI=1S/C15H29N3O2/c1-11(2)16-15(14(19)20)7-5-12(9-15)18-8-6-13(10-18)17(3)4/h11-13,16H,5-10H2,1-4H3,(H,19,20). The van der Waals surface area contributed by atoms with Crippen LogP contribution >= 0.6 is 0 Å². The lowest BCUT2D eigenvalue weighted by Crippen LogP contribution is -2.53. The lowest BCUT2D eigenvalue weighted by molar-refractivity contribution is -0.145. The van der Waals surface area contributed by atoms with Crippen molar-refractivity contribution in [2.24, 2.45) is 0 Å². The molecule has 3 unspecified atom stereocenters. The highest BCUT2D eigenvalue weighted by Gasteiger charge is 2.48. The molecule has 5 heteroatoms. The maximum atomic E-state index is 11.7. The van der Waals surface area contributed by atoms with E-state index in [1.807, 2.05) is 13.8 Å². The molecule has 0 spiro atoms. The molecule has 0 aromatic heterocycles. The van der Waals surface area contributed by atoms with Gasteiger partial charge in [0.2, 0.25) is 0 Å². The average Bonchev–Trinajstić information content (AvgIpc) is 2.94. The van der Waals surface area contributed by atoms with Gasteiger partial charge in [0.25, 0.3) is 0 Å². The second-order valence-corrected chi connectivity index (χ2v) is 6.98. The normalized spacial score (nSPS) is 35.3. The first kappa shape index (κ1) is 15.7. The number of nitrogens with zero attached hydrogens (tertiary/aromatic N) is 2.